The van der Waals surface area contributed by atoms with Gasteiger partial charge in [0.05, 0.1) is 12.7 Å². The lowest BCUT2D eigenvalue weighted by Crippen LogP contribution is -2.22. The molecule has 0 radical (unpaired) electrons. The lowest BCUT2D eigenvalue weighted by molar-refractivity contribution is -0.140. The Morgan fingerprint density at radius 1 is 1.67 bits per heavy atom. The van der Waals surface area contributed by atoms with Gasteiger partial charge in [-0.3, -0.25) is 0 Å². The van der Waals surface area contributed by atoms with Crippen molar-refractivity contribution in [2.75, 3.05) is 6.61 Å². The predicted octanol–water partition coefficient (Wildman–Crippen LogP) is 1.36. The normalized spacial score (nSPS) is 30.1. The van der Waals surface area contributed by atoms with Crippen molar-refractivity contribution in [1.29, 1.82) is 0 Å². The molecule has 1 aliphatic heterocycles. The van der Waals surface area contributed by atoms with Crippen molar-refractivity contribution < 1.29 is 14.3 Å². The quantitative estimate of drug-likeness (QED) is 0.603. The van der Waals surface area contributed by atoms with Crippen LogP contribution < -0.4 is 0 Å². The van der Waals surface area contributed by atoms with E-state index in [-0.39, 0.29) is 12.0 Å². The molecule has 1 aliphatic rings. The van der Waals surface area contributed by atoms with E-state index in [1.54, 1.807) is 0 Å². The fourth-order valence-corrected chi connectivity index (χ4v) is 1.35. The SMILES string of the molecule is C[C@H](C=O)C[C@@H]1COC(C)(C)O1. The van der Waals surface area contributed by atoms with Crippen molar-refractivity contribution in [2.45, 2.75) is 39.1 Å². The molecule has 12 heavy (non-hydrogen) atoms. The van der Waals surface area contributed by atoms with Crippen LogP contribution >= 0.6 is 0 Å². The zero-order valence-corrected chi connectivity index (χ0v) is 7.87. The van der Waals surface area contributed by atoms with Gasteiger partial charge in [-0.1, -0.05) is 6.92 Å². The molecule has 1 fully saturated rings. The van der Waals surface area contributed by atoms with Gasteiger partial charge in [-0.25, -0.2) is 0 Å². The summed E-state index contributed by atoms with van der Waals surface area (Å²) >= 11 is 0. The second kappa shape index (κ2) is 3.54. The Morgan fingerprint density at radius 2 is 2.33 bits per heavy atom. The van der Waals surface area contributed by atoms with Crippen LogP contribution in [0.2, 0.25) is 0 Å². The molecule has 0 aliphatic carbocycles. The van der Waals surface area contributed by atoms with Gasteiger partial charge < -0.3 is 14.3 Å². The van der Waals surface area contributed by atoms with Crippen LogP contribution in [0.4, 0.5) is 0 Å². The predicted molar refractivity (Wildman–Crippen MR) is 44.7 cm³/mol. The van der Waals surface area contributed by atoms with Crippen LogP contribution in [0.1, 0.15) is 27.2 Å². The Morgan fingerprint density at radius 3 is 2.75 bits per heavy atom. The maximum Gasteiger partial charge on any atom is 0.163 e. The molecule has 0 amide bonds. The van der Waals surface area contributed by atoms with Crippen molar-refractivity contribution in [3.63, 3.8) is 0 Å². The molecule has 0 aromatic carbocycles. The third kappa shape index (κ3) is 2.57. The third-order valence-electron chi connectivity index (χ3n) is 1.93. The monoisotopic (exact) mass is 172 g/mol. The van der Waals surface area contributed by atoms with E-state index in [4.69, 9.17) is 9.47 Å². The molecular weight excluding hydrogens is 156 g/mol. The number of hydrogen-bond donors (Lipinski definition) is 0. The highest BCUT2D eigenvalue weighted by Gasteiger charge is 2.33. The Labute approximate surface area is 73.0 Å². The molecule has 0 saturated carbocycles. The van der Waals surface area contributed by atoms with E-state index < -0.39 is 5.79 Å². The summed E-state index contributed by atoms with van der Waals surface area (Å²) in [6, 6.07) is 0. The van der Waals surface area contributed by atoms with Crippen LogP contribution in [0.3, 0.4) is 0 Å². The molecule has 0 spiro atoms. The zero-order valence-electron chi connectivity index (χ0n) is 7.87. The van der Waals surface area contributed by atoms with Gasteiger partial charge in [0, 0.05) is 5.92 Å². The Hall–Kier alpha value is -0.410. The maximum absolute atomic E-state index is 10.4. The highest BCUT2D eigenvalue weighted by molar-refractivity contribution is 5.52. The van der Waals surface area contributed by atoms with Gasteiger partial charge in [-0.05, 0) is 20.3 Å². The fraction of sp³-hybridized carbons (Fsp3) is 0.889. The molecule has 1 saturated heterocycles. The maximum atomic E-state index is 10.4. The number of carbonyl (C=O) groups is 1. The van der Waals surface area contributed by atoms with Crippen LogP contribution in [-0.4, -0.2) is 24.8 Å². The van der Waals surface area contributed by atoms with Gasteiger partial charge in [-0.2, -0.15) is 0 Å². The summed E-state index contributed by atoms with van der Waals surface area (Å²) in [6.07, 6.45) is 1.79. The van der Waals surface area contributed by atoms with E-state index >= 15 is 0 Å². The first-order valence-corrected chi connectivity index (χ1v) is 4.30. The van der Waals surface area contributed by atoms with Gasteiger partial charge in [0.2, 0.25) is 0 Å². The first-order chi connectivity index (χ1) is 5.53. The summed E-state index contributed by atoms with van der Waals surface area (Å²) in [7, 11) is 0. The molecule has 0 aromatic rings. The van der Waals surface area contributed by atoms with Gasteiger partial charge in [0.15, 0.2) is 5.79 Å². The van der Waals surface area contributed by atoms with E-state index in [1.807, 2.05) is 20.8 Å². The van der Waals surface area contributed by atoms with Crippen molar-refractivity contribution >= 4 is 6.29 Å². The van der Waals surface area contributed by atoms with Crippen LogP contribution in [0.25, 0.3) is 0 Å². The molecule has 70 valence electrons. The smallest absolute Gasteiger partial charge is 0.163 e. The van der Waals surface area contributed by atoms with Crippen LogP contribution in [-0.2, 0) is 14.3 Å². The molecule has 3 heteroatoms. The van der Waals surface area contributed by atoms with Crippen molar-refractivity contribution in [3.05, 3.63) is 0 Å². The topological polar surface area (TPSA) is 35.5 Å². The van der Waals surface area contributed by atoms with Crippen LogP contribution in [0, 0.1) is 5.92 Å². The summed E-state index contributed by atoms with van der Waals surface area (Å²) in [5, 5.41) is 0. The van der Waals surface area contributed by atoms with Crippen molar-refractivity contribution in [1.82, 2.24) is 0 Å². The van der Waals surface area contributed by atoms with Crippen LogP contribution in [0.15, 0.2) is 0 Å². The summed E-state index contributed by atoms with van der Waals surface area (Å²) in [6.45, 7) is 6.27. The standard InChI is InChI=1S/C9H16O3/c1-7(5-10)4-8-6-11-9(2,3)12-8/h5,7-8H,4,6H2,1-3H3/t7-,8+/m0/s1. The average Bonchev–Trinajstić information content (AvgIpc) is 2.30. The summed E-state index contributed by atoms with van der Waals surface area (Å²) in [4.78, 5) is 10.4. The Bertz CT molecular complexity index is 165. The minimum atomic E-state index is -0.465. The molecule has 1 heterocycles. The first kappa shape index (κ1) is 9.68. The molecule has 0 unspecified atom stereocenters. The average molecular weight is 172 g/mol. The number of rotatable bonds is 3. The highest BCUT2D eigenvalue weighted by atomic mass is 16.7. The molecule has 3 nitrogen and oxygen atoms in total. The van der Waals surface area contributed by atoms with E-state index in [2.05, 4.69) is 0 Å². The zero-order chi connectivity index (χ0) is 9.19. The van der Waals surface area contributed by atoms with Gasteiger partial charge in [0.25, 0.3) is 0 Å². The number of aldehydes is 1. The molecule has 0 bridgehead atoms. The van der Waals surface area contributed by atoms with E-state index in [9.17, 15) is 4.79 Å². The lowest BCUT2D eigenvalue weighted by Gasteiger charge is -2.17. The van der Waals surface area contributed by atoms with E-state index in [1.165, 1.54) is 0 Å². The van der Waals surface area contributed by atoms with Crippen molar-refractivity contribution in [2.24, 2.45) is 5.92 Å². The highest BCUT2D eigenvalue weighted by Crippen LogP contribution is 2.25. The molecule has 1 rings (SSSR count). The Balaban J connectivity index is 2.33. The fourth-order valence-electron chi connectivity index (χ4n) is 1.35. The summed E-state index contributed by atoms with van der Waals surface area (Å²) < 4.78 is 10.9. The van der Waals surface area contributed by atoms with E-state index in [0.717, 1.165) is 12.7 Å². The van der Waals surface area contributed by atoms with E-state index in [0.29, 0.717) is 6.61 Å². The molecule has 0 N–H and O–H groups in total. The van der Waals surface area contributed by atoms with Gasteiger partial charge in [0.1, 0.15) is 6.29 Å². The lowest BCUT2D eigenvalue weighted by atomic mass is 10.1. The molecule has 0 aromatic heterocycles. The second-order valence-corrected chi connectivity index (χ2v) is 3.80. The van der Waals surface area contributed by atoms with Gasteiger partial charge >= 0.3 is 0 Å². The number of hydrogen-bond acceptors (Lipinski definition) is 3. The minimum absolute atomic E-state index is 0.0625. The number of ether oxygens (including phenoxy) is 2. The van der Waals surface area contributed by atoms with Gasteiger partial charge in [-0.15, -0.1) is 0 Å². The first-order valence-electron chi connectivity index (χ1n) is 4.30. The van der Waals surface area contributed by atoms with Crippen molar-refractivity contribution in [3.8, 4) is 0 Å². The summed E-state index contributed by atoms with van der Waals surface area (Å²) in [5.41, 5.74) is 0. The molecule has 2 atom stereocenters. The second-order valence-electron chi connectivity index (χ2n) is 3.80. The summed E-state index contributed by atoms with van der Waals surface area (Å²) in [5.74, 6) is -0.403. The number of carbonyl (C=O) groups excluding carboxylic acids is 1. The largest absolute Gasteiger partial charge is 0.348 e. The minimum Gasteiger partial charge on any atom is -0.348 e. The third-order valence-corrected chi connectivity index (χ3v) is 1.93. The molecular formula is C9H16O3. The van der Waals surface area contributed by atoms with Crippen LogP contribution in [0.5, 0.6) is 0 Å². The Kier molecular flexibility index (Phi) is 2.85.